The molecule has 0 bridgehead atoms. The Balaban J connectivity index is 1.46. The smallest absolute Gasteiger partial charge is 0.341 e. The van der Waals surface area contributed by atoms with Crippen LogP contribution in [-0.2, 0) is 10.5 Å². The molecule has 3 aromatic rings. The third-order valence-corrected chi connectivity index (χ3v) is 5.51. The summed E-state index contributed by atoms with van der Waals surface area (Å²) in [5, 5.41) is 8.94. The summed E-state index contributed by atoms with van der Waals surface area (Å²) in [7, 11) is 1.37. The number of carbonyl (C=O) groups is 1. The predicted molar refractivity (Wildman–Crippen MR) is 96.2 cm³/mol. The van der Waals surface area contributed by atoms with Crippen LogP contribution in [0.3, 0.4) is 0 Å². The first kappa shape index (κ1) is 17.1. The number of nitrogens with zero attached hydrogens (tertiary/aromatic N) is 4. The number of carbonyl (C=O) groups excluding carboxylic acids is 1. The van der Waals surface area contributed by atoms with Crippen LogP contribution in [0.15, 0.2) is 34.2 Å². The Morgan fingerprint density at radius 3 is 3.00 bits per heavy atom. The molecule has 0 spiro atoms. The van der Waals surface area contributed by atoms with E-state index in [1.165, 1.54) is 38.1 Å². The molecule has 3 aromatic heterocycles. The van der Waals surface area contributed by atoms with Gasteiger partial charge in [0.05, 0.1) is 12.8 Å². The zero-order chi connectivity index (χ0) is 17.9. The molecule has 136 valence electrons. The second kappa shape index (κ2) is 7.49. The fourth-order valence-corrected chi connectivity index (χ4v) is 3.98. The number of methoxy groups -OCH3 is 1. The Morgan fingerprint density at radius 2 is 2.19 bits per heavy atom. The summed E-state index contributed by atoms with van der Waals surface area (Å²) >= 11 is 1.46. The van der Waals surface area contributed by atoms with Gasteiger partial charge < -0.3 is 13.6 Å². The second-order valence-corrected chi connectivity index (χ2v) is 7.33. The van der Waals surface area contributed by atoms with Crippen molar-refractivity contribution in [2.75, 3.05) is 7.11 Å². The van der Waals surface area contributed by atoms with Gasteiger partial charge in [0.2, 0.25) is 5.89 Å². The first-order valence-corrected chi connectivity index (χ1v) is 9.74. The standard InChI is InChI=1S/C18H20N4O3S/c1-24-17(23)14-8-5-9-22-10-13(19-15(14)22)11-26-18-21-20-16(25-18)12-6-3-2-4-7-12/h5,8-10,12H,2-4,6-7,11H2,1H3. The molecule has 1 aliphatic rings. The lowest BCUT2D eigenvalue weighted by molar-refractivity contribution is 0.0602. The van der Waals surface area contributed by atoms with Crippen LogP contribution in [0, 0.1) is 0 Å². The summed E-state index contributed by atoms with van der Waals surface area (Å²) in [4.78, 5) is 16.4. The Kier molecular flexibility index (Phi) is 4.92. The number of ether oxygens (including phenoxy) is 1. The Morgan fingerprint density at radius 1 is 1.35 bits per heavy atom. The molecule has 0 amide bonds. The van der Waals surface area contributed by atoms with E-state index in [4.69, 9.17) is 9.15 Å². The minimum absolute atomic E-state index is 0.394. The number of rotatable bonds is 5. The molecule has 4 rings (SSSR count). The number of esters is 1. The van der Waals surface area contributed by atoms with Gasteiger partial charge in [-0.2, -0.15) is 0 Å². The zero-order valence-electron chi connectivity index (χ0n) is 14.6. The number of fused-ring (bicyclic) bond motifs is 1. The first-order chi connectivity index (χ1) is 12.7. The van der Waals surface area contributed by atoms with Crippen LogP contribution in [0.25, 0.3) is 5.65 Å². The lowest BCUT2D eigenvalue weighted by Gasteiger charge is -2.17. The van der Waals surface area contributed by atoms with Crippen molar-refractivity contribution >= 4 is 23.4 Å². The quantitative estimate of drug-likeness (QED) is 0.497. The zero-order valence-corrected chi connectivity index (χ0v) is 15.4. The molecule has 1 saturated carbocycles. The van der Waals surface area contributed by atoms with Crippen LogP contribution in [-0.4, -0.2) is 32.7 Å². The number of hydrogen-bond donors (Lipinski definition) is 0. The predicted octanol–water partition coefficient (Wildman–Crippen LogP) is 3.84. The molecular weight excluding hydrogens is 352 g/mol. The summed E-state index contributed by atoms with van der Waals surface area (Å²) in [5.41, 5.74) is 1.87. The summed E-state index contributed by atoms with van der Waals surface area (Å²) < 4.78 is 12.5. The van der Waals surface area contributed by atoms with Crippen molar-refractivity contribution in [2.45, 2.75) is 49.0 Å². The van der Waals surface area contributed by atoms with E-state index in [0.717, 1.165) is 24.4 Å². The van der Waals surface area contributed by atoms with Crippen molar-refractivity contribution in [3.63, 3.8) is 0 Å². The van der Waals surface area contributed by atoms with Gasteiger partial charge in [-0.1, -0.05) is 31.0 Å². The van der Waals surface area contributed by atoms with Crippen molar-refractivity contribution in [1.82, 2.24) is 19.6 Å². The molecule has 1 fully saturated rings. The third kappa shape index (κ3) is 3.46. The molecule has 8 heteroatoms. The van der Waals surface area contributed by atoms with Crippen LogP contribution in [0.2, 0.25) is 0 Å². The number of aromatic nitrogens is 4. The molecule has 0 aromatic carbocycles. The maximum atomic E-state index is 11.9. The van der Waals surface area contributed by atoms with Gasteiger partial charge in [0.15, 0.2) is 5.65 Å². The minimum atomic E-state index is -0.394. The highest BCUT2D eigenvalue weighted by Gasteiger charge is 2.21. The van der Waals surface area contributed by atoms with Gasteiger partial charge in [0, 0.05) is 24.1 Å². The van der Waals surface area contributed by atoms with Crippen molar-refractivity contribution in [1.29, 1.82) is 0 Å². The van der Waals surface area contributed by atoms with Crippen molar-refractivity contribution in [3.8, 4) is 0 Å². The fourth-order valence-electron chi connectivity index (χ4n) is 3.33. The number of hydrogen-bond acceptors (Lipinski definition) is 7. The highest BCUT2D eigenvalue weighted by Crippen LogP contribution is 2.33. The van der Waals surface area contributed by atoms with Crippen LogP contribution in [0.1, 0.15) is 60.0 Å². The van der Waals surface area contributed by atoms with Crippen LogP contribution in [0.4, 0.5) is 0 Å². The molecule has 26 heavy (non-hydrogen) atoms. The summed E-state index contributed by atoms with van der Waals surface area (Å²) in [6.45, 7) is 0. The van der Waals surface area contributed by atoms with E-state index in [0.29, 0.717) is 28.1 Å². The Labute approximate surface area is 155 Å². The minimum Gasteiger partial charge on any atom is -0.465 e. The number of imidazole rings is 1. The average Bonchev–Trinajstić information content (AvgIpc) is 3.32. The first-order valence-electron chi connectivity index (χ1n) is 8.75. The largest absolute Gasteiger partial charge is 0.465 e. The van der Waals surface area contributed by atoms with E-state index in [9.17, 15) is 4.79 Å². The molecule has 0 aliphatic heterocycles. The van der Waals surface area contributed by atoms with Crippen LogP contribution in [0.5, 0.6) is 0 Å². The van der Waals surface area contributed by atoms with E-state index in [1.54, 1.807) is 12.1 Å². The molecule has 0 saturated heterocycles. The molecule has 0 unspecified atom stereocenters. The van der Waals surface area contributed by atoms with E-state index in [2.05, 4.69) is 15.2 Å². The second-order valence-electron chi connectivity index (χ2n) is 6.41. The molecule has 1 aliphatic carbocycles. The van der Waals surface area contributed by atoms with E-state index in [1.807, 2.05) is 16.8 Å². The molecule has 0 radical (unpaired) electrons. The SMILES string of the molecule is COC(=O)c1cccn2cc(CSc3nnc(C4CCCCC4)o3)nc12. The van der Waals surface area contributed by atoms with Crippen molar-refractivity contribution in [3.05, 3.63) is 41.7 Å². The van der Waals surface area contributed by atoms with Gasteiger partial charge in [0.25, 0.3) is 5.22 Å². The lowest BCUT2D eigenvalue weighted by atomic mass is 9.89. The maximum absolute atomic E-state index is 11.9. The van der Waals surface area contributed by atoms with E-state index >= 15 is 0 Å². The number of pyridine rings is 1. The lowest BCUT2D eigenvalue weighted by Crippen LogP contribution is -2.04. The molecule has 0 N–H and O–H groups in total. The van der Waals surface area contributed by atoms with E-state index in [-0.39, 0.29) is 0 Å². The summed E-state index contributed by atoms with van der Waals surface area (Å²) in [5.74, 6) is 1.36. The maximum Gasteiger partial charge on any atom is 0.341 e. The fraction of sp³-hybridized carbons (Fsp3) is 0.444. The van der Waals surface area contributed by atoms with Gasteiger partial charge in [-0.3, -0.25) is 0 Å². The Hall–Kier alpha value is -2.35. The van der Waals surface area contributed by atoms with Gasteiger partial charge in [-0.15, -0.1) is 10.2 Å². The average molecular weight is 372 g/mol. The van der Waals surface area contributed by atoms with Crippen molar-refractivity contribution < 1.29 is 13.9 Å². The van der Waals surface area contributed by atoms with E-state index < -0.39 is 5.97 Å². The highest BCUT2D eigenvalue weighted by molar-refractivity contribution is 7.98. The molecule has 0 atom stereocenters. The van der Waals surface area contributed by atoms with Gasteiger partial charge in [-0.05, 0) is 25.0 Å². The summed E-state index contributed by atoms with van der Waals surface area (Å²) in [6, 6.07) is 3.51. The normalized spacial score (nSPS) is 15.4. The molecule has 7 nitrogen and oxygen atoms in total. The topological polar surface area (TPSA) is 82.5 Å². The monoisotopic (exact) mass is 372 g/mol. The Bertz CT molecular complexity index is 914. The third-order valence-electron chi connectivity index (χ3n) is 4.66. The van der Waals surface area contributed by atoms with Crippen molar-refractivity contribution in [2.24, 2.45) is 0 Å². The van der Waals surface area contributed by atoms with Crippen LogP contribution < -0.4 is 0 Å². The number of thioether (sulfide) groups is 1. The highest BCUT2D eigenvalue weighted by atomic mass is 32.2. The van der Waals surface area contributed by atoms with Gasteiger partial charge in [-0.25, -0.2) is 9.78 Å². The van der Waals surface area contributed by atoms with Crippen LogP contribution >= 0.6 is 11.8 Å². The summed E-state index contributed by atoms with van der Waals surface area (Å²) in [6.07, 6.45) is 9.79. The molecular formula is C18H20N4O3S. The molecule has 3 heterocycles. The van der Waals surface area contributed by atoms with Gasteiger partial charge >= 0.3 is 5.97 Å². The van der Waals surface area contributed by atoms with Gasteiger partial charge in [0.1, 0.15) is 5.56 Å².